The molecule has 19 heavy (non-hydrogen) atoms. The van der Waals surface area contributed by atoms with E-state index in [4.69, 9.17) is 11.6 Å². The zero-order valence-corrected chi connectivity index (χ0v) is 11.4. The Kier molecular flexibility index (Phi) is 3.22. The molecule has 3 nitrogen and oxygen atoms in total. The van der Waals surface area contributed by atoms with Crippen molar-refractivity contribution in [3.63, 3.8) is 0 Å². The number of fused-ring (bicyclic) bond motifs is 1. The minimum absolute atomic E-state index is 0.520. The summed E-state index contributed by atoms with van der Waals surface area (Å²) in [7, 11) is 0. The van der Waals surface area contributed by atoms with Crippen molar-refractivity contribution in [1.82, 2.24) is 14.5 Å². The number of aryl methyl sites for hydroxylation is 1. The van der Waals surface area contributed by atoms with Crippen LogP contribution >= 0.6 is 11.6 Å². The van der Waals surface area contributed by atoms with Crippen molar-refractivity contribution in [2.75, 3.05) is 0 Å². The van der Waals surface area contributed by atoms with E-state index >= 15 is 0 Å². The molecule has 0 amide bonds. The maximum atomic E-state index is 6.14. The number of benzene rings is 1. The average Bonchev–Trinajstić information content (AvgIpc) is 2.80. The molecule has 0 spiro atoms. The highest BCUT2D eigenvalue weighted by molar-refractivity contribution is 6.33. The van der Waals surface area contributed by atoms with E-state index in [1.807, 2.05) is 6.07 Å². The normalized spacial score (nSPS) is 11.1. The van der Waals surface area contributed by atoms with Crippen molar-refractivity contribution in [1.29, 1.82) is 0 Å². The number of halogens is 1. The van der Waals surface area contributed by atoms with Crippen molar-refractivity contribution < 1.29 is 0 Å². The summed E-state index contributed by atoms with van der Waals surface area (Å²) in [6, 6.07) is 12.4. The second-order valence-corrected chi connectivity index (χ2v) is 4.82. The molecule has 2 aromatic heterocycles. The lowest BCUT2D eigenvalue weighted by Crippen LogP contribution is -2.04. The van der Waals surface area contributed by atoms with Gasteiger partial charge in [0, 0.05) is 12.2 Å². The van der Waals surface area contributed by atoms with Gasteiger partial charge in [0.05, 0.1) is 5.39 Å². The van der Waals surface area contributed by atoms with Gasteiger partial charge in [-0.1, -0.05) is 48.9 Å². The van der Waals surface area contributed by atoms with Gasteiger partial charge in [0.25, 0.3) is 0 Å². The highest BCUT2D eigenvalue weighted by Crippen LogP contribution is 2.24. The molecule has 0 fully saturated rings. The van der Waals surface area contributed by atoms with Gasteiger partial charge in [-0.3, -0.25) is 0 Å². The molecule has 0 bridgehead atoms. The van der Waals surface area contributed by atoms with Crippen LogP contribution in [0.5, 0.6) is 0 Å². The van der Waals surface area contributed by atoms with Gasteiger partial charge < -0.3 is 4.57 Å². The highest BCUT2D eigenvalue weighted by Gasteiger charge is 2.12. The van der Waals surface area contributed by atoms with Gasteiger partial charge in [-0.15, -0.1) is 0 Å². The third-order valence-electron chi connectivity index (χ3n) is 3.27. The lowest BCUT2D eigenvalue weighted by molar-refractivity contribution is 0.767. The first-order valence-corrected chi connectivity index (χ1v) is 6.70. The number of hydrogen-bond acceptors (Lipinski definition) is 2. The van der Waals surface area contributed by atoms with E-state index in [9.17, 15) is 0 Å². The quantitative estimate of drug-likeness (QED) is 0.680. The molecule has 0 unspecified atom stereocenters. The number of nitrogens with zero attached hydrogens (tertiary/aromatic N) is 3. The van der Waals surface area contributed by atoms with Crippen LogP contribution in [0, 0.1) is 0 Å². The Morgan fingerprint density at radius 3 is 2.68 bits per heavy atom. The predicted octanol–water partition coefficient (Wildman–Crippen LogP) is 3.70. The SMILES string of the molecule is CCc1cc2c(Cl)ncnc2n1Cc1ccccc1. The molecule has 96 valence electrons. The Morgan fingerprint density at radius 2 is 1.95 bits per heavy atom. The van der Waals surface area contributed by atoms with Gasteiger partial charge in [-0.2, -0.15) is 0 Å². The van der Waals surface area contributed by atoms with Gasteiger partial charge in [-0.25, -0.2) is 9.97 Å². The Balaban J connectivity index is 2.14. The lowest BCUT2D eigenvalue weighted by atomic mass is 10.2. The monoisotopic (exact) mass is 271 g/mol. The van der Waals surface area contributed by atoms with Gasteiger partial charge in [0.15, 0.2) is 0 Å². The van der Waals surface area contributed by atoms with E-state index in [1.165, 1.54) is 17.6 Å². The number of hydrogen-bond donors (Lipinski definition) is 0. The second kappa shape index (κ2) is 5.02. The molecular formula is C15H14ClN3. The fraction of sp³-hybridized carbons (Fsp3) is 0.200. The molecule has 0 aliphatic carbocycles. The Labute approximate surface area is 116 Å². The van der Waals surface area contributed by atoms with Crippen LogP contribution in [0.25, 0.3) is 11.0 Å². The zero-order valence-electron chi connectivity index (χ0n) is 10.7. The standard InChI is InChI=1S/C15H14ClN3/c1-2-12-8-13-14(16)17-10-18-15(13)19(12)9-11-6-4-3-5-7-11/h3-8,10H,2,9H2,1H3. The van der Waals surface area contributed by atoms with Crippen molar-refractivity contribution in [2.45, 2.75) is 19.9 Å². The van der Waals surface area contributed by atoms with Crippen molar-refractivity contribution in [3.05, 3.63) is 59.1 Å². The summed E-state index contributed by atoms with van der Waals surface area (Å²) in [5, 5.41) is 1.45. The topological polar surface area (TPSA) is 30.7 Å². The third kappa shape index (κ3) is 2.22. The molecule has 4 heteroatoms. The molecule has 0 aliphatic heterocycles. The van der Waals surface area contributed by atoms with E-state index in [2.05, 4.69) is 51.8 Å². The van der Waals surface area contributed by atoms with Crippen LogP contribution in [0.3, 0.4) is 0 Å². The molecule has 3 aromatic rings. The van der Waals surface area contributed by atoms with Crippen LogP contribution in [0.4, 0.5) is 0 Å². The third-order valence-corrected chi connectivity index (χ3v) is 3.57. The molecular weight excluding hydrogens is 258 g/mol. The molecule has 3 rings (SSSR count). The molecule has 0 atom stereocenters. The zero-order chi connectivity index (χ0) is 13.2. The summed E-state index contributed by atoms with van der Waals surface area (Å²) in [5.74, 6) is 0. The van der Waals surface area contributed by atoms with Crippen LogP contribution in [-0.4, -0.2) is 14.5 Å². The van der Waals surface area contributed by atoms with Crippen molar-refractivity contribution in [2.24, 2.45) is 0 Å². The number of aromatic nitrogens is 3. The maximum Gasteiger partial charge on any atom is 0.145 e. The molecule has 1 aromatic carbocycles. The predicted molar refractivity (Wildman–Crippen MR) is 77.5 cm³/mol. The van der Waals surface area contributed by atoms with Crippen LogP contribution < -0.4 is 0 Å². The lowest BCUT2D eigenvalue weighted by Gasteiger charge is -2.09. The highest BCUT2D eigenvalue weighted by atomic mass is 35.5. The van der Waals surface area contributed by atoms with Gasteiger partial charge in [-0.05, 0) is 18.1 Å². The molecule has 0 saturated heterocycles. The summed E-state index contributed by atoms with van der Waals surface area (Å²) in [6.07, 6.45) is 2.46. The van der Waals surface area contributed by atoms with Crippen LogP contribution in [0.2, 0.25) is 5.15 Å². The fourth-order valence-corrected chi connectivity index (χ4v) is 2.50. The second-order valence-electron chi connectivity index (χ2n) is 4.46. The first-order valence-electron chi connectivity index (χ1n) is 6.32. The van der Waals surface area contributed by atoms with Crippen molar-refractivity contribution in [3.8, 4) is 0 Å². The van der Waals surface area contributed by atoms with E-state index in [0.717, 1.165) is 24.0 Å². The van der Waals surface area contributed by atoms with E-state index in [-0.39, 0.29) is 0 Å². The molecule has 0 aliphatic rings. The minimum atomic E-state index is 0.520. The van der Waals surface area contributed by atoms with Crippen molar-refractivity contribution >= 4 is 22.6 Å². The Morgan fingerprint density at radius 1 is 1.16 bits per heavy atom. The minimum Gasteiger partial charge on any atom is -0.325 e. The van der Waals surface area contributed by atoms with Gasteiger partial charge >= 0.3 is 0 Å². The van der Waals surface area contributed by atoms with E-state index in [0.29, 0.717) is 5.15 Å². The Hall–Kier alpha value is -1.87. The summed E-state index contributed by atoms with van der Waals surface area (Å²) in [4.78, 5) is 8.42. The number of rotatable bonds is 3. The average molecular weight is 272 g/mol. The molecule has 0 saturated carbocycles. The maximum absolute atomic E-state index is 6.14. The molecule has 2 heterocycles. The smallest absolute Gasteiger partial charge is 0.145 e. The fourth-order valence-electron chi connectivity index (χ4n) is 2.32. The molecule has 0 radical (unpaired) electrons. The van der Waals surface area contributed by atoms with E-state index < -0.39 is 0 Å². The van der Waals surface area contributed by atoms with E-state index in [1.54, 1.807) is 0 Å². The van der Waals surface area contributed by atoms with Crippen LogP contribution in [0.1, 0.15) is 18.2 Å². The molecule has 0 N–H and O–H groups in total. The summed E-state index contributed by atoms with van der Waals surface area (Å²) in [6.45, 7) is 2.94. The largest absolute Gasteiger partial charge is 0.325 e. The van der Waals surface area contributed by atoms with Gasteiger partial charge in [0.1, 0.15) is 17.1 Å². The van der Waals surface area contributed by atoms with Gasteiger partial charge in [0.2, 0.25) is 0 Å². The first-order chi connectivity index (χ1) is 9.29. The van der Waals surface area contributed by atoms with Crippen LogP contribution in [-0.2, 0) is 13.0 Å². The Bertz CT molecular complexity index is 704. The van der Waals surface area contributed by atoms with Crippen LogP contribution in [0.15, 0.2) is 42.7 Å². The summed E-state index contributed by atoms with van der Waals surface area (Å²) >= 11 is 6.14. The first kappa shape index (κ1) is 12.2. The summed E-state index contributed by atoms with van der Waals surface area (Å²) < 4.78 is 2.21. The summed E-state index contributed by atoms with van der Waals surface area (Å²) in [5.41, 5.74) is 3.38.